The van der Waals surface area contributed by atoms with Crippen LogP contribution in [0.1, 0.15) is 147 Å². The number of nitrogens with zero attached hydrogens (tertiary/aromatic N) is 4. The van der Waals surface area contributed by atoms with E-state index < -0.39 is 35.9 Å². The summed E-state index contributed by atoms with van der Waals surface area (Å²) in [6.45, 7) is 9.39. The first-order chi connectivity index (χ1) is 22.5. The molecule has 11 heteroatoms. The van der Waals surface area contributed by atoms with E-state index in [1.165, 1.54) is 0 Å². The van der Waals surface area contributed by atoms with E-state index in [1.54, 1.807) is 0 Å². The number of aliphatic hydroxyl groups is 1. The predicted octanol–water partition coefficient (Wildman–Crippen LogP) is 9.76. The molecular weight excluding hydrogens is 630 g/mol. The van der Waals surface area contributed by atoms with Crippen LogP contribution in [0.3, 0.4) is 0 Å². The van der Waals surface area contributed by atoms with Gasteiger partial charge in [-0.1, -0.05) is 39.8 Å². The average molecular weight is 675 g/mol. The van der Waals surface area contributed by atoms with Gasteiger partial charge < -0.3 is 10.0 Å². The molecule has 0 radical (unpaired) electrons. The van der Waals surface area contributed by atoms with Gasteiger partial charge in [-0.05, 0) is 84.6 Å². The van der Waals surface area contributed by atoms with Gasteiger partial charge in [-0.3, -0.25) is 4.98 Å². The second-order valence-electron chi connectivity index (χ2n) is 15.1. The Bertz CT molecular complexity index is 1590. The summed E-state index contributed by atoms with van der Waals surface area (Å²) in [5.41, 5.74) is 2.38. The molecule has 0 amide bonds. The first-order valence-electron chi connectivity index (χ1n) is 17.0. The number of aliphatic hydroxyl groups excluding tert-OH is 1. The lowest BCUT2D eigenvalue weighted by atomic mass is 9.68. The van der Waals surface area contributed by atoms with Crippen LogP contribution in [-0.2, 0) is 12.6 Å². The smallest absolute Gasteiger partial charge is 0.388 e. The van der Waals surface area contributed by atoms with Gasteiger partial charge in [0.15, 0.2) is 6.17 Å². The molecule has 3 aromatic rings. The number of fused-ring (bicyclic) bond motifs is 1. The molecular formula is C37H44F6N4O. The molecule has 0 spiro atoms. The highest BCUT2D eigenvalue weighted by Crippen LogP contribution is 2.52. The molecule has 0 bridgehead atoms. The zero-order valence-electron chi connectivity index (χ0n) is 27.9. The molecule has 1 N–H and O–H groups in total. The van der Waals surface area contributed by atoms with Gasteiger partial charge in [0.1, 0.15) is 0 Å². The molecule has 2 aromatic heterocycles. The van der Waals surface area contributed by atoms with E-state index in [2.05, 4.69) is 28.7 Å². The second-order valence-corrected chi connectivity index (χ2v) is 15.1. The molecule has 1 aliphatic heterocycles. The molecule has 2 fully saturated rings. The van der Waals surface area contributed by atoms with Gasteiger partial charge in [0.2, 0.25) is 11.9 Å². The maximum Gasteiger partial charge on any atom is 0.416 e. The second kappa shape index (κ2) is 12.9. The Labute approximate surface area is 278 Å². The third-order valence-electron chi connectivity index (χ3n) is 10.5. The van der Waals surface area contributed by atoms with Crippen molar-refractivity contribution >= 4 is 5.95 Å². The standard InChI is InChI=1S/C37H44F6N4O/c1-21(2)25-19-44-34(45-20-25)47-15-11-24(12-16-47)33-31(32(38)23-5-7-26(8-6-23)37(41,42)43)29(22-9-13-36(39,40)14-10-22)30-27(46-33)17-35(3,4)18-28(30)48/h5-8,19-22,24,28,32,48H,9-18H2,1-4H3. The number of hydrogen-bond acceptors (Lipinski definition) is 5. The van der Waals surface area contributed by atoms with Crippen molar-refractivity contribution in [2.24, 2.45) is 5.41 Å². The van der Waals surface area contributed by atoms with Crippen LogP contribution in [0.15, 0.2) is 36.7 Å². The van der Waals surface area contributed by atoms with E-state index in [-0.39, 0.29) is 48.1 Å². The lowest BCUT2D eigenvalue weighted by Crippen LogP contribution is -2.36. The van der Waals surface area contributed by atoms with Gasteiger partial charge in [-0.25, -0.2) is 23.1 Å². The fourth-order valence-electron chi connectivity index (χ4n) is 7.86. The third kappa shape index (κ3) is 7.07. The molecule has 6 rings (SSSR count). The van der Waals surface area contributed by atoms with E-state index >= 15 is 4.39 Å². The van der Waals surface area contributed by atoms with Gasteiger partial charge in [-0.2, -0.15) is 13.2 Å². The number of rotatable bonds is 6. The summed E-state index contributed by atoms with van der Waals surface area (Å²) in [6.07, 6.45) is -2.07. The molecule has 2 atom stereocenters. The largest absolute Gasteiger partial charge is 0.416 e. The van der Waals surface area contributed by atoms with Crippen molar-refractivity contribution < 1.29 is 31.4 Å². The van der Waals surface area contributed by atoms with E-state index in [1.807, 2.05) is 26.2 Å². The number of piperidine rings is 1. The van der Waals surface area contributed by atoms with Crippen LogP contribution in [0.5, 0.6) is 0 Å². The molecule has 5 nitrogen and oxygen atoms in total. The Morgan fingerprint density at radius 2 is 1.48 bits per heavy atom. The van der Waals surface area contributed by atoms with Crippen LogP contribution >= 0.6 is 0 Å². The van der Waals surface area contributed by atoms with Crippen molar-refractivity contribution in [3.8, 4) is 0 Å². The summed E-state index contributed by atoms with van der Waals surface area (Å²) < 4.78 is 86.3. The lowest BCUT2D eigenvalue weighted by Gasteiger charge is -2.41. The Morgan fingerprint density at radius 1 is 0.875 bits per heavy atom. The van der Waals surface area contributed by atoms with Crippen molar-refractivity contribution in [1.29, 1.82) is 0 Å². The summed E-state index contributed by atoms with van der Waals surface area (Å²) in [4.78, 5) is 16.3. The van der Waals surface area contributed by atoms with Gasteiger partial charge >= 0.3 is 6.18 Å². The van der Waals surface area contributed by atoms with Crippen LogP contribution in [0.2, 0.25) is 0 Å². The Morgan fingerprint density at radius 3 is 2.04 bits per heavy atom. The van der Waals surface area contributed by atoms with Crippen LogP contribution in [0.4, 0.5) is 32.3 Å². The molecule has 1 saturated heterocycles. The van der Waals surface area contributed by atoms with E-state index in [0.717, 1.165) is 29.8 Å². The van der Waals surface area contributed by atoms with Gasteiger partial charge in [0, 0.05) is 61.1 Å². The zero-order chi connectivity index (χ0) is 34.6. The summed E-state index contributed by atoms with van der Waals surface area (Å²) in [6, 6.07) is 4.04. The molecule has 3 aliphatic rings. The Kier molecular flexibility index (Phi) is 9.32. The normalized spacial score (nSPS) is 22.5. The molecule has 48 heavy (non-hydrogen) atoms. The molecule has 2 unspecified atom stereocenters. The van der Waals surface area contributed by atoms with Crippen LogP contribution < -0.4 is 4.90 Å². The van der Waals surface area contributed by atoms with Crippen LogP contribution in [-0.4, -0.2) is 39.1 Å². The number of aromatic nitrogens is 3. The minimum absolute atomic E-state index is 0.0371. The van der Waals surface area contributed by atoms with Crippen molar-refractivity contribution in [3.05, 3.63) is 81.4 Å². The molecule has 3 heterocycles. The van der Waals surface area contributed by atoms with Crippen molar-refractivity contribution in [3.63, 3.8) is 0 Å². The number of alkyl halides is 6. The fraction of sp³-hybridized carbons (Fsp3) is 0.595. The van der Waals surface area contributed by atoms with Crippen molar-refractivity contribution in [2.75, 3.05) is 18.0 Å². The minimum atomic E-state index is -4.58. The number of hydrogen-bond donors (Lipinski definition) is 1. The number of pyridine rings is 1. The van der Waals surface area contributed by atoms with Crippen LogP contribution in [0.25, 0.3) is 0 Å². The Hall–Kier alpha value is -3.21. The van der Waals surface area contributed by atoms with Gasteiger partial charge in [0.25, 0.3) is 0 Å². The predicted molar refractivity (Wildman–Crippen MR) is 172 cm³/mol. The maximum absolute atomic E-state index is 17.2. The summed E-state index contributed by atoms with van der Waals surface area (Å²) in [5.74, 6) is -2.55. The molecule has 1 saturated carbocycles. The molecule has 1 aromatic carbocycles. The van der Waals surface area contributed by atoms with E-state index in [4.69, 9.17) is 4.98 Å². The lowest BCUT2D eigenvalue weighted by molar-refractivity contribution is -0.137. The third-order valence-corrected chi connectivity index (χ3v) is 10.5. The van der Waals surface area contributed by atoms with Gasteiger partial charge in [-0.15, -0.1) is 0 Å². The van der Waals surface area contributed by atoms with Crippen molar-refractivity contribution in [1.82, 2.24) is 15.0 Å². The minimum Gasteiger partial charge on any atom is -0.388 e. The molecule has 260 valence electrons. The average Bonchev–Trinajstić information content (AvgIpc) is 3.03. The number of halogens is 6. The van der Waals surface area contributed by atoms with Crippen molar-refractivity contribution in [2.45, 2.75) is 121 Å². The quantitative estimate of drug-likeness (QED) is 0.264. The highest BCUT2D eigenvalue weighted by Gasteiger charge is 2.44. The zero-order valence-corrected chi connectivity index (χ0v) is 27.9. The summed E-state index contributed by atoms with van der Waals surface area (Å²) in [5, 5.41) is 11.6. The van der Waals surface area contributed by atoms with Gasteiger partial charge in [0.05, 0.1) is 17.4 Å². The SMILES string of the molecule is CC(C)c1cnc(N2CCC(c3nc4c(c(C5CCC(F)(F)CC5)c3C(F)c3ccc(C(F)(F)F)cc3)C(O)CC(C)(C)C4)CC2)nc1. The van der Waals surface area contributed by atoms with Crippen LogP contribution in [0, 0.1) is 5.41 Å². The monoisotopic (exact) mass is 674 g/mol. The first-order valence-corrected chi connectivity index (χ1v) is 17.0. The number of anilines is 1. The van der Waals surface area contributed by atoms with E-state index in [9.17, 15) is 27.1 Å². The maximum atomic E-state index is 17.2. The summed E-state index contributed by atoms with van der Waals surface area (Å²) >= 11 is 0. The Balaban J connectivity index is 1.45. The molecule has 2 aliphatic carbocycles. The van der Waals surface area contributed by atoms with E-state index in [0.29, 0.717) is 73.2 Å². The highest BCUT2D eigenvalue weighted by molar-refractivity contribution is 5.51. The number of benzene rings is 1. The fourth-order valence-corrected chi connectivity index (χ4v) is 7.86. The highest BCUT2D eigenvalue weighted by atomic mass is 19.4. The first kappa shape index (κ1) is 34.6. The summed E-state index contributed by atoms with van der Waals surface area (Å²) in [7, 11) is 0. The topological polar surface area (TPSA) is 62.1 Å².